The van der Waals surface area contributed by atoms with Gasteiger partial charge in [0.15, 0.2) is 5.96 Å². The molecule has 7 nitrogen and oxygen atoms in total. The van der Waals surface area contributed by atoms with Crippen molar-refractivity contribution in [1.82, 2.24) is 15.5 Å². The van der Waals surface area contributed by atoms with Gasteiger partial charge in [-0.05, 0) is 44.0 Å². The quantitative estimate of drug-likeness (QED) is 0.424. The molecule has 1 heterocycles. The number of hydrogen-bond donors (Lipinski definition) is 2. The molecule has 0 saturated carbocycles. The van der Waals surface area contributed by atoms with Gasteiger partial charge in [-0.2, -0.15) is 13.2 Å². The van der Waals surface area contributed by atoms with Gasteiger partial charge in [0, 0.05) is 26.2 Å². The maximum Gasteiger partial charge on any atom is 0.416 e. The summed E-state index contributed by atoms with van der Waals surface area (Å²) >= 11 is 0. The Bertz CT molecular complexity index is 672. The number of aliphatic imine (C=N–C) groups is 1. The van der Waals surface area contributed by atoms with Crippen molar-refractivity contribution in [2.45, 2.75) is 32.0 Å². The Hall–Kier alpha value is -2.65. The van der Waals surface area contributed by atoms with Crippen molar-refractivity contribution in [1.29, 1.82) is 0 Å². The summed E-state index contributed by atoms with van der Waals surface area (Å²) in [6.07, 6.45) is -3.08. The Morgan fingerprint density at radius 2 is 1.90 bits per heavy atom. The molecule has 1 saturated heterocycles. The Morgan fingerprint density at radius 1 is 1.24 bits per heavy atom. The van der Waals surface area contributed by atoms with Crippen LogP contribution in [-0.4, -0.2) is 62.9 Å². The van der Waals surface area contributed by atoms with Crippen molar-refractivity contribution in [3.8, 4) is 5.75 Å². The van der Waals surface area contributed by atoms with E-state index in [1.807, 2.05) is 0 Å². The second kappa shape index (κ2) is 10.8. The summed E-state index contributed by atoms with van der Waals surface area (Å²) in [6, 6.07) is 4.76. The average Bonchev–Trinajstić information content (AvgIpc) is 2.70. The lowest BCUT2D eigenvalue weighted by Gasteiger charge is -2.32. The minimum Gasteiger partial charge on any atom is -0.492 e. The zero-order valence-corrected chi connectivity index (χ0v) is 16.6. The van der Waals surface area contributed by atoms with Gasteiger partial charge in [-0.15, -0.1) is 0 Å². The minimum absolute atomic E-state index is 0.183. The Kier molecular flexibility index (Phi) is 8.41. The van der Waals surface area contributed by atoms with E-state index in [1.54, 1.807) is 18.9 Å². The molecule has 1 fully saturated rings. The molecule has 0 radical (unpaired) electrons. The summed E-state index contributed by atoms with van der Waals surface area (Å²) in [5.41, 5.74) is -0.707. The summed E-state index contributed by atoms with van der Waals surface area (Å²) in [4.78, 5) is 17.6. The fourth-order valence-corrected chi connectivity index (χ4v) is 2.89. The van der Waals surface area contributed by atoms with E-state index < -0.39 is 11.7 Å². The number of rotatable bonds is 6. The number of nitrogens with one attached hydrogen (secondary N) is 2. The van der Waals surface area contributed by atoms with Gasteiger partial charge >= 0.3 is 12.3 Å². The fraction of sp³-hybridized carbons (Fsp3) is 0.579. The topological polar surface area (TPSA) is 75.2 Å². The second-order valence-corrected chi connectivity index (χ2v) is 6.47. The number of halogens is 3. The standard InChI is InChI=1S/C19H27F3N4O3/c1-3-28-18(27)26-11-8-15(9-12-26)25-17(23-2)24-10-13-29-16-6-4-14(5-7-16)19(20,21)22/h4-7,15H,3,8-13H2,1-2H3,(H2,23,24,25). The minimum atomic E-state index is -4.36. The van der Waals surface area contributed by atoms with Gasteiger partial charge in [0.25, 0.3) is 0 Å². The SMILES string of the molecule is CCOC(=O)N1CCC(NC(=NC)NCCOc2ccc(C(F)(F)F)cc2)CC1. The van der Waals surface area contributed by atoms with Gasteiger partial charge in [0.1, 0.15) is 12.4 Å². The van der Waals surface area contributed by atoms with Crippen molar-refractivity contribution in [2.24, 2.45) is 4.99 Å². The largest absolute Gasteiger partial charge is 0.492 e. The molecule has 0 bridgehead atoms. The van der Waals surface area contributed by atoms with Crippen LogP contribution in [0.4, 0.5) is 18.0 Å². The van der Waals surface area contributed by atoms with Crippen LogP contribution < -0.4 is 15.4 Å². The van der Waals surface area contributed by atoms with Crippen LogP contribution >= 0.6 is 0 Å². The first-order chi connectivity index (χ1) is 13.8. The fourth-order valence-electron chi connectivity index (χ4n) is 2.89. The molecule has 162 valence electrons. The number of hydrogen-bond acceptors (Lipinski definition) is 4. The molecule has 0 aromatic heterocycles. The third-order valence-electron chi connectivity index (χ3n) is 4.43. The van der Waals surface area contributed by atoms with Gasteiger partial charge < -0.3 is 25.0 Å². The highest BCUT2D eigenvalue weighted by molar-refractivity contribution is 5.80. The second-order valence-electron chi connectivity index (χ2n) is 6.47. The van der Waals surface area contributed by atoms with Crippen LogP contribution in [-0.2, 0) is 10.9 Å². The molecule has 1 amide bonds. The van der Waals surface area contributed by atoms with E-state index in [2.05, 4.69) is 15.6 Å². The maximum absolute atomic E-state index is 12.5. The van der Waals surface area contributed by atoms with E-state index in [0.717, 1.165) is 25.0 Å². The van der Waals surface area contributed by atoms with E-state index in [4.69, 9.17) is 9.47 Å². The molecule has 0 spiro atoms. The first-order valence-electron chi connectivity index (χ1n) is 9.52. The van der Waals surface area contributed by atoms with Crippen LogP contribution in [0.15, 0.2) is 29.3 Å². The van der Waals surface area contributed by atoms with Crippen molar-refractivity contribution >= 4 is 12.1 Å². The molecule has 1 aliphatic rings. The highest BCUT2D eigenvalue weighted by Crippen LogP contribution is 2.30. The molecule has 10 heteroatoms. The van der Waals surface area contributed by atoms with E-state index >= 15 is 0 Å². The Labute approximate surface area is 168 Å². The number of amides is 1. The predicted octanol–water partition coefficient (Wildman–Crippen LogP) is 2.87. The average molecular weight is 416 g/mol. The summed E-state index contributed by atoms with van der Waals surface area (Å²) in [7, 11) is 1.65. The lowest BCUT2D eigenvalue weighted by atomic mass is 10.1. The molecule has 2 rings (SSSR count). The van der Waals surface area contributed by atoms with Gasteiger partial charge in [-0.3, -0.25) is 4.99 Å². The van der Waals surface area contributed by atoms with E-state index in [0.29, 0.717) is 38.0 Å². The van der Waals surface area contributed by atoms with Crippen LogP contribution in [0, 0.1) is 0 Å². The number of likely N-dealkylation sites (tertiary alicyclic amines) is 1. The number of carbonyl (C=O) groups is 1. The smallest absolute Gasteiger partial charge is 0.416 e. The molecule has 0 atom stereocenters. The molecule has 1 aromatic carbocycles. The molecule has 1 aromatic rings. The van der Waals surface area contributed by atoms with Crippen LogP contribution in [0.5, 0.6) is 5.75 Å². The first kappa shape index (κ1) is 22.6. The van der Waals surface area contributed by atoms with Crippen LogP contribution in [0.2, 0.25) is 0 Å². The third kappa shape index (κ3) is 7.35. The molecular formula is C19H27F3N4O3. The number of benzene rings is 1. The third-order valence-corrected chi connectivity index (χ3v) is 4.43. The molecule has 1 aliphatic heterocycles. The van der Waals surface area contributed by atoms with E-state index in [1.165, 1.54) is 12.1 Å². The monoisotopic (exact) mass is 416 g/mol. The number of piperidine rings is 1. The van der Waals surface area contributed by atoms with Crippen LogP contribution in [0.3, 0.4) is 0 Å². The highest BCUT2D eigenvalue weighted by Gasteiger charge is 2.30. The number of alkyl halides is 3. The van der Waals surface area contributed by atoms with Crippen molar-refractivity contribution in [3.63, 3.8) is 0 Å². The van der Waals surface area contributed by atoms with Crippen LogP contribution in [0.1, 0.15) is 25.3 Å². The van der Waals surface area contributed by atoms with Gasteiger partial charge in [0.2, 0.25) is 0 Å². The van der Waals surface area contributed by atoms with Crippen molar-refractivity contribution in [2.75, 3.05) is 39.9 Å². The summed E-state index contributed by atoms with van der Waals surface area (Å²) in [6.45, 7) is 4.08. The summed E-state index contributed by atoms with van der Waals surface area (Å²) in [5, 5.41) is 6.40. The van der Waals surface area contributed by atoms with Crippen LogP contribution in [0.25, 0.3) is 0 Å². The summed E-state index contributed by atoms with van der Waals surface area (Å²) in [5.74, 6) is 0.977. The number of ether oxygens (including phenoxy) is 2. The molecular weight excluding hydrogens is 389 g/mol. The Balaban J connectivity index is 1.67. The molecule has 0 aliphatic carbocycles. The summed E-state index contributed by atoms with van der Waals surface area (Å²) < 4.78 is 48.1. The van der Waals surface area contributed by atoms with E-state index in [-0.39, 0.29) is 18.7 Å². The molecule has 2 N–H and O–H groups in total. The van der Waals surface area contributed by atoms with Gasteiger partial charge in [0.05, 0.1) is 18.7 Å². The number of nitrogens with zero attached hydrogens (tertiary/aromatic N) is 2. The molecule has 29 heavy (non-hydrogen) atoms. The number of guanidine groups is 1. The maximum atomic E-state index is 12.5. The van der Waals surface area contributed by atoms with Crippen molar-refractivity contribution in [3.05, 3.63) is 29.8 Å². The van der Waals surface area contributed by atoms with Gasteiger partial charge in [-0.1, -0.05) is 0 Å². The number of carbonyl (C=O) groups excluding carboxylic acids is 1. The molecule has 0 unspecified atom stereocenters. The van der Waals surface area contributed by atoms with E-state index in [9.17, 15) is 18.0 Å². The normalized spacial score (nSPS) is 15.8. The zero-order chi connectivity index (χ0) is 21.3. The Morgan fingerprint density at radius 3 is 2.45 bits per heavy atom. The zero-order valence-electron chi connectivity index (χ0n) is 16.6. The highest BCUT2D eigenvalue weighted by atomic mass is 19.4. The first-order valence-corrected chi connectivity index (χ1v) is 9.52. The predicted molar refractivity (Wildman–Crippen MR) is 103 cm³/mol. The lowest BCUT2D eigenvalue weighted by molar-refractivity contribution is -0.137. The van der Waals surface area contributed by atoms with Crippen molar-refractivity contribution < 1.29 is 27.4 Å². The van der Waals surface area contributed by atoms with Gasteiger partial charge in [-0.25, -0.2) is 4.79 Å². The lowest BCUT2D eigenvalue weighted by Crippen LogP contribution is -2.50.